The highest BCUT2D eigenvalue weighted by Gasteiger charge is 2.22. The molecule has 0 aromatic carbocycles. The van der Waals surface area contributed by atoms with Crippen molar-refractivity contribution in [1.29, 1.82) is 0 Å². The third-order valence-electron chi connectivity index (χ3n) is 2.35. The van der Waals surface area contributed by atoms with E-state index in [-0.39, 0.29) is 5.91 Å². The lowest BCUT2D eigenvalue weighted by Gasteiger charge is -2.17. The Morgan fingerprint density at radius 1 is 1.39 bits per heavy atom. The number of amides is 1. The summed E-state index contributed by atoms with van der Waals surface area (Å²) >= 11 is 0. The van der Waals surface area contributed by atoms with Gasteiger partial charge in [-0.05, 0) is 20.9 Å². The van der Waals surface area contributed by atoms with Gasteiger partial charge in [0.25, 0.3) is 0 Å². The molecule has 0 fully saturated rings. The number of likely N-dealkylation sites (N-methyl/N-ethyl adjacent to an activating group) is 2. The maximum absolute atomic E-state index is 11.5. The Labute approximate surface area is 107 Å². The quantitative estimate of drug-likeness (QED) is 0.782. The standard InChI is InChI=1S/C11H21N5O2/c1-11(2,12)10-13-8(18-14-10)6-16(5)7-9(17)15(3)4/h6-7,12H2,1-5H3. The predicted octanol–water partition coefficient (Wildman–Crippen LogP) is -0.217. The minimum atomic E-state index is -0.625. The molecule has 0 aliphatic rings. The molecule has 0 aliphatic heterocycles. The Balaban J connectivity index is 2.58. The summed E-state index contributed by atoms with van der Waals surface area (Å²) < 4.78 is 5.10. The lowest BCUT2D eigenvalue weighted by molar-refractivity contribution is -0.129. The van der Waals surface area contributed by atoms with Crippen LogP contribution in [0, 0.1) is 0 Å². The van der Waals surface area contributed by atoms with Crippen LogP contribution in [-0.4, -0.2) is 53.5 Å². The van der Waals surface area contributed by atoms with Crippen LogP contribution in [0.5, 0.6) is 0 Å². The van der Waals surface area contributed by atoms with Crippen molar-refractivity contribution < 1.29 is 9.32 Å². The van der Waals surface area contributed by atoms with Gasteiger partial charge in [-0.25, -0.2) is 0 Å². The molecule has 0 spiro atoms. The van der Waals surface area contributed by atoms with Crippen LogP contribution in [0.2, 0.25) is 0 Å². The molecule has 1 rings (SSSR count). The van der Waals surface area contributed by atoms with Gasteiger partial charge in [0, 0.05) is 14.1 Å². The molecule has 7 nitrogen and oxygen atoms in total. The SMILES string of the molecule is CN(CC(=O)N(C)C)Cc1nc(C(C)(C)N)no1. The number of nitrogens with two attached hydrogens (primary N) is 1. The molecule has 1 aromatic heterocycles. The third kappa shape index (κ3) is 4.08. The highest BCUT2D eigenvalue weighted by molar-refractivity contribution is 5.77. The van der Waals surface area contributed by atoms with Gasteiger partial charge in [0.1, 0.15) is 0 Å². The minimum absolute atomic E-state index is 0.0244. The zero-order valence-electron chi connectivity index (χ0n) is 11.6. The molecule has 0 radical (unpaired) electrons. The van der Waals surface area contributed by atoms with Crippen LogP contribution < -0.4 is 5.73 Å². The first kappa shape index (κ1) is 14.6. The van der Waals surface area contributed by atoms with Crippen molar-refractivity contribution >= 4 is 5.91 Å². The summed E-state index contributed by atoms with van der Waals surface area (Å²) in [4.78, 5) is 19.1. The molecule has 102 valence electrons. The van der Waals surface area contributed by atoms with Crippen LogP contribution in [-0.2, 0) is 16.9 Å². The van der Waals surface area contributed by atoms with Crippen LogP contribution >= 0.6 is 0 Å². The molecular formula is C11H21N5O2. The van der Waals surface area contributed by atoms with E-state index in [0.717, 1.165) is 0 Å². The number of hydrogen-bond acceptors (Lipinski definition) is 6. The second-order valence-electron chi connectivity index (χ2n) is 5.19. The molecule has 1 aromatic rings. The molecule has 1 heterocycles. The van der Waals surface area contributed by atoms with E-state index in [1.807, 2.05) is 11.9 Å². The Morgan fingerprint density at radius 3 is 2.44 bits per heavy atom. The molecule has 7 heteroatoms. The largest absolute Gasteiger partial charge is 0.348 e. The lowest BCUT2D eigenvalue weighted by Crippen LogP contribution is -2.34. The Kier molecular flexibility index (Phi) is 4.42. The van der Waals surface area contributed by atoms with Crippen LogP contribution in [0.15, 0.2) is 4.52 Å². The van der Waals surface area contributed by atoms with Gasteiger partial charge in [-0.3, -0.25) is 9.69 Å². The topological polar surface area (TPSA) is 88.5 Å². The summed E-state index contributed by atoms with van der Waals surface area (Å²) in [6.07, 6.45) is 0. The van der Waals surface area contributed by atoms with E-state index in [1.54, 1.807) is 32.8 Å². The van der Waals surface area contributed by atoms with Crippen molar-refractivity contribution in [2.24, 2.45) is 5.73 Å². The van der Waals surface area contributed by atoms with E-state index in [1.165, 1.54) is 0 Å². The van der Waals surface area contributed by atoms with E-state index in [4.69, 9.17) is 10.3 Å². The highest BCUT2D eigenvalue weighted by atomic mass is 16.5. The van der Waals surface area contributed by atoms with E-state index < -0.39 is 5.54 Å². The summed E-state index contributed by atoms with van der Waals surface area (Å²) in [5, 5.41) is 3.82. The fourth-order valence-corrected chi connectivity index (χ4v) is 1.24. The van der Waals surface area contributed by atoms with Gasteiger partial charge in [0.2, 0.25) is 11.8 Å². The van der Waals surface area contributed by atoms with E-state index >= 15 is 0 Å². The van der Waals surface area contributed by atoms with E-state index in [0.29, 0.717) is 24.8 Å². The molecule has 0 unspecified atom stereocenters. The number of aromatic nitrogens is 2. The molecule has 18 heavy (non-hydrogen) atoms. The molecule has 2 N–H and O–H groups in total. The number of hydrogen-bond donors (Lipinski definition) is 1. The molecular weight excluding hydrogens is 234 g/mol. The second kappa shape index (κ2) is 5.45. The fraction of sp³-hybridized carbons (Fsp3) is 0.727. The maximum atomic E-state index is 11.5. The van der Waals surface area contributed by atoms with Crippen LogP contribution in [0.4, 0.5) is 0 Å². The Hall–Kier alpha value is -1.47. The van der Waals surface area contributed by atoms with Crippen molar-refractivity contribution in [1.82, 2.24) is 19.9 Å². The first-order valence-corrected chi connectivity index (χ1v) is 5.71. The molecule has 0 saturated carbocycles. The molecule has 0 atom stereocenters. The number of nitrogens with zero attached hydrogens (tertiary/aromatic N) is 4. The smallest absolute Gasteiger partial charge is 0.240 e. The number of carbonyl (C=O) groups is 1. The first-order chi connectivity index (χ1) is 8.20. The van der Waals surface area contributed by atoms with Crippen LogP contribution in [0.25, 0.3) is 0 Å². The summed E-state index contributed by atoms with van der Waals surface area (Å²) in [7, 11) is 5.26. The average molecular weight is 255 g/mol. The van der Waals surface area contributed by atoms with Crippen molar-refractivity contribution in [2.45, 2.75) is 25.9 Å². The summed E-state index contributed by atoms with van der Waals surface area (Å²) in [6.45, 7) is 4.33. The van der Waals surface area contributed by atoms with Crippen molar-refractivity contribution in [3.63, 3.8) is 0 Å². The summed E-state index contributed by atoms with van der Waals surface area (Å²) in [5.41, 5.74) is 5.24. The fourth-order valence-electron chi connectivity index (χ4n) is 1.24. The predicted molar refractivity (Wildman–Crippen MR) is 66.5 cm³/mol. The number of carbonyl (C=O) groups excluding carboxylic acids is 1. The van der Waals surface area contributed by atoms with Gasteiger partial charge in [-0.15, -0.1) is 0 Å². The van der Waals surface area contributed by atoms with Gasteiger partial charge >= 0.3 is 0 Å². The van der Waals surface area contributed by atoms with Crippen LogP contribution in [0.1, 0.15) is 25.6 Å². The Bertz CT molecular complexity index is 408. The maximum Gasteiger partial charge on any atom is 0.240 e. The van der Waals surface area contributed by atoms with Crippen LogP contribution in [0.3, 0.4) is 0 Å². The average Bonchev–Trinajstić information content (AvgIpc) is 2.64. The van der Waals surface area contributed by atoms with Crippen molar-refractivity contribution in [2.75, 3.05) is 27.7 Å². The van der Waals surface area contributed by atoms with Crippen molar-refractivity contribution in [3.05, 3.63) is 11.7 Å². The normalized spacial score (nSPS) is 11.9. The molecule has 0 saturated heterocycles. The number of rotatable bonds is 5. The highest BCUT2D eigenvalue weighted by Crippen LogP contribution is 2.13. The molecule has 1 amide bonds. The monoisotopic (exact) mass is 255 g/mol. The van der Waals surface area contributed by atoms with Gasteiger partial charge in [-0.1, -0.05) is 5.16 Å². The lowest BCUT2D eigenvalue weighted by atomic mass is 10.1. The molecule has 0 aliphatic carbocycles. The minimum Gasteiger partial charge on any atom is -0.348 e. The zero-order chi connectivity index (χ0) is 13.9. The van der Waals surface area contributed by atoms with E-state index in [2.05, 4.69) is 10.1 Å². The zero-order valence-corrected chi connectivity index (χ0v) is 11.6. The Morgan fingerprint density at radius 2 is 2.00 bits per heavy atom. The van der Waals surface area contributed by atoms with Gasteiger partial charge < -0.3 is 15.2 Å². The summed E-state index contributed by atoms with van der Waals surface area (Å²) in [5.74, 6) is 0.943. The summed E-state index contributed by atoms with van der Waals surface area (Å²) in [6, 6.07) is 0. The molecule has 0 bridgehead atoms. The van der Waals surface area contributed by atoms with Gasteiger partial charge in [0.05, 0.1) is 18.6 Å². The second-order valence-corrected chi connectivity index (χ2v) is 5.19. The van der Waals surface area contributed by atoms with E-state index in [9.17, 15) is 4.79 Å². The van der Waals surface area contributed by atoms with Crippen molar-refractivity contribution in [3.8, 4) is 0 Å². The van der Waals surface area contributed by atoms with Gasteiger partial charge in [-0.2, -0.15) is 4.98 Å². The third-order valence-corrected chi connectivity index (χ3v) is 2.35. The first-order valence-electron chi connectivity index (χ1n) is 5.71. The van der Waals surface area contributed by atoms with Gasteiger partial charge in [0.15, 0.2) is 5.82 Å².